The van der Waals surface area contributed by atoms with E-state index < -0.39 is 0 Å². The average molecular weight is 242 g/mol. The Morgan fingerprint density at radius 3 is 2.78 bits per heavy atom. The minimum atomic E-state index is 0.537. The molecule has 0 unspecified atom stereocenters. The van der Waals surface area contributed by atoms with Crippen LogP contribution in [0.1, 0.15) is 43.0 Å². The predicted molar refractivity (Wildman–Crippen MR) is 73.7 cm³/mol. The van der Waals surface area contributed by atoms with Crippen molar-refractivity contribution < 1.29 is 5.21 Å². The number of hydrogen-bond donors (Lipinski definition) is 1. The molecule has 0 amide bonds. The molecule has 3 heteroatoms. The summed E-state index contributed by atoms with van der Waals surface area (Å²) in [5.41, 5.74) is 5.77. The van der Waals surface area contributed by atoms with Gasteiger partial charge in [0.25, 0.3) is 0 Å². The molecule has 1 aliphatic heterocycles. The second-order valence-electron chi connectivity index (χ2n) is 5.35. The number of oxime groups is 1. The largest absolute Gasteiger partial charge is 0.411 e. The van der Waals surface area contributed by atoms with Gasteiger partial charge in [0.15, 0.2) is 0 Å². The smallest absolute Gasteiger partial charge is 0.105 e. The van der Waals surface area contributed by atoms with Crippen molar-refractivity contribution in [1.29, 1.82) is 0 Å². The fourth-order valence-electron chi connectivity index (χ4n) is 2.94. The molecule has 0 radical (unpaired) electrons. The lowest BCUT2D eigenvalue weighted by Crippen LogP contribution is -1.96. The van der Waals surface area contributed by atoms with Gasteiger partial charge in [-0.05, 0) is 36.1 Å². The van der Waals surface area contributed by atoms with E-state index in [1.54, 1.807) is 0 Å². The molecule has 2 aromatic rings. The Morgan fingerprint density at radius 2 is 2.11 bits per heavy atom. The number of rotatable bonds is 1. The molecular weight excluding hydrogens is 224 g/mol. The van der Waals surface area contributed by atoms with E-state index in [0.717, 1.165) is 24.4 Å². The molecule has 2 heterocycles. The van der Waals surface area contributed by atoms with Crippen molar-refractivity contribution in [3.05, 3.63) is 35.0 Å². The molecule has 3 nitrogen and oxygen atoms in total. The Bertz CT molecular complexity index is 650. The van der Waals surface area contributed by atoms with Gasteiger partial charge in [0.1, 0.15) is 5.71 Å². The van der Waals surface area contributed by atoms with Gasteiger partial charge in [-0.2, -0.15) is 0 Å². The highest BCUT2D eigenvalue weighted by Crippen LogP contribution is 2.33. The van der Waals surface area contributed by atoms with Crippen LogP contribution in [-0.2, 0) is 6.54 Å². The number of aromatic nitrogens is 1. The van der Waals surface area contributed by atoms with Crippen molar-refractivity contribution in [2.75, 3.05) is 0 Å². The van der Waals surface area contributed by atoms with Crippen LogP contribution >= 0.6 is 0 Å². The lowest BCUT2D eigenvalue weighted by Gasteiger charge is -2.06. The minimum Gasteiger partial charge on any atom is -0.411 e. The van der Waals surface area contributed by atoms with Crippen LogP contribution in [0.4, 0.5) is 0 Å². The van der Waals surface area contributed by atoms with E-state index in [4.69, 9.17) is 5.21 Å². The first-order valence-electron chi connectivity index (χ1n) is 6.47. The highest BCUT2D eigenvalue weighted by atomic mass is 16.4. The summed E-state index contributed by atoms with van der Waals surface area (Å²) in [5, 5.41) is 13.8. The third-order valence-corrected chi connectivity index (χ3v) is 3.97. The second kappa shape index (κ2) is 3.87. The summed E-state index contributed by atoms with van der Waals surface area (Å²) in [4.78, 5) is 0. The maximum atomic E-state index is 9.08. The SMILES string of the molecule is Cc1c2n(c3ccc(C(C)C)cc13)CC/C2=N\O. The minimum absolute atomic E-state index is 0.537. The third-order valence-electron chi connectivity index (χ3n) is 3.97. The van der Waals surface area contributed by atoms with Gasteiger partial charge in [-0.15, -0.1) is 0 Å². The van der Waals surface area contributed by atoms with E-state index in [1.807, 2.05) is 0 Å². The topological polar surface area (TPSA) is 37.5 Å². The maximum Gasteiger partial charge on any atom is 0.105 e. The van der Waals surface area contributed by atoms with E-state index in [0.29, 0.717) is 5.92 Å². The molecule has 0 spiro atoms. The lowest BCUT2D eigenvalue weighted by molar-refractivity contribution is 0.318. The van der Waals surface area contributed by atoms with Crippen molar-refractivity contribution >= 4 is 16.6 Å². The highest BCUT2D eigenvalue weighted by Gasteiger charge is 2.24. The molecule has 0 saturated carbocycles. The summed E-state index contributed by atoms with van der Waals surface area (Å²) < 4.78 is 2.27. The maximum absolute atomic E-state index is 9.08. The predicted octanol–water partition coefficient (Wildman–Crippen LogP) is 3.66. The van der Waals surface area contributed by atoms with E-state index in [-0.39, 0.29) is 0 Å². The molecule has 94 valence electrons. The van der Waals surface area contributed by atoms with Crippen LogP contribution in [0.5, 0.6) is 0 Å². The van der Waals surface area contributed by atoms with Gasteiger partial charge in [0, 0.05) is 23.9 Å². The molecule has 18 heavy (non-hydrogen) atoms. The molecule has 1 aromatic heterocycles. The zero-order valence-corrected chi connectivity index (χ0v) is 11.1. The van der Waals surface area contributed by atoms with Crippen molar-refractivity contribution in [3.63, 3.8) is 0 Å². The first-order chi connectivity index (χ1) is 8.63. The number of nitrogens with zero attached hydrogens (tertiary/aromatic N) is 2. The van der Waals surface area contributed by atoms with Crippen molar-refractivity contribution in [3.8, 4) is 0 Å². The number of fused-ring (bicyclic) bond motifs is 3. The summed E-state index contributed by atoms with van der Waals surface area (Å²) in [6.07, 6.45) is 0.828. The lowest BCUT2D eigenvalue weighted by atomic mass is 10.00. The Hall–Kier alpha value is -1.77. The molecular formula is C15H18N2O. The van der Waals surface area contributed by atoms with Crippen LogP contribution < -0.4 is 0 Å². The fourth-order valence-corrected chi connectivity index (χ4v) is 2.94. The normalized spacial score (nSPS) is 17.0. The number of aryl methyl sites for hydroxylation is 2. The number of benzene rings is 1. The Labute approximate surface area is 107 Å². The summed E-state index contributed by atoms with van der Waals surface area (Å²) in [6, 6.07) is 6.67. The Balaban J connectivity index is 2.31. The van der Waals surface area contributed by atoms with Crippen molar-refractivity contribution in [2.24, 2.45) is 5.16 Å². The average Bonchev–Trinajstić information content (AvgIpc) is 2.90. The standard InChI is InChI=1S/C15H18N2O/c1-9(2)11-4-5-14-12(8-11)10(3)15-13(16-18)6-7-17(14)15/h4-5,8-9,18H,6-7H2,1-3H3/b16-13+. The van der Waals surface area contributed by atoms with Crippen LogP contribution in [0.3, 0.4) is 0 Å². The zero-order valence-electron chi connectivity index (χ0n) is 11.1. The molecule has 3 rings (SSSR count). The summed E-state index contributed by atoms with van der Waals surface area (Å²) in [7, 11) is 0. The second-order valence-corrected chi connectivity index (χ2v) is 5.35. The summed E-state index contributed by atoms with van der Waals surface area (Å²) in [6.45, 7) is 7.45. The van der Waals surface area contributed by atoms with Gasteiger partial charge in [0.2, 0.25) is 0 Å². The van der Waals surface area contributed by atoms with Crippen molar-refractivity contribution in [2.45, 2.75) is 39.7 Å². The third kappa shape index (κ3) is 1.40. The van der Waals surface area contributed by atoms with Crippen LogP contribution in [0, 0.1) is 6.92 Å². The van der Waals surface area contributed by atoms with Crippen molar-refractivity contribution in [1.82, 2.24) is 4.57 Å². The molecule has 1 aliphatic rings. The fraction of sp³-hybridized carbons (Fsp3) is 0.400. The molecule has 0 atom stereocenters. The van der Waals surface area contributed by atoms with Gasteiger partial charge in [-0.3, -0.25) is 0 Å². The van der Waals surface area contributed by atoms with Gasteiger partial charge >= 0.3 is 0 Å². The summed E-state index contributed by atoms with van der Waals surface area (Å²) >= 11 is 0. The molecule has 0 bridgehead atoms. The molecule has 0 saturated heterocycles. The number of hydrogen-bond acceptors (Lipinski definition) is 2. The van der Waals surface area contributed by atoms with Crippen LogP contribution in [0.25, 0.3) is 10.9 Å². The molecule has 1 aromatic carbocycles. The van der Waals surface area contributed by atoms with E-state index >= 15 is 0 Å². The van der Waals surface area contributed by atoms with Gasteiger partial charge < -0.3 is 9.77 Å². The van der Waals surface area contributed by atoms with Crippen LogP contribution in [-0.4, -0.2) is 15.5 Å². The van der Waals surface area contributed by atoms with Crippen LogP contribution in [0.15, 0.2) is 23.4 Å². The van der Waals surface area contributed by atoms with Crippen LogP contribution in [0.2, 0.25) is 0 Å². The first kappa shape index (κ1) is 11.3. The van der Waals surface area contributed by atoms with E-state index in [2.05, 4.69) is 48.7 Å². The van der Waals surface area contributed by atoms with E-state index in [9.17, 15) is 0 Å². The Morgan fingerprint density at radius 1 is 1.33 bits per heavy atom. The highest BCUT2D eigenvalue weighted by molar-refractivity contribution is 6.07. The molecule has 0 fully saturated rings. The first-order valence-corrected chi connectivity index (χ1v) is 6.47. The van der Waals surface area contributed by atoms with Gasteiger partial charge in [-0.25, -0.2) is 0 Å². The zero-order chi connectivity index (χ0) is 12.9. The quantitative estimate of drug-likeness (QED) is 0.601. The van der Waals surface area contributed by atoms with Gasteiger partial charge in [0.05, 0.1) is 5.69 Å². The monoisotopic (exact) mass is 242 g/mol. The Kier molecular flexibility index (Phi) is 2.44. The molecule has 0 aliphatic carbocycles. The molecule has 1 N–H and O–H groups in total. The van der Waals surface area contributed by atoms with E-state index in [1.165, 1.54) is 22.0 Å². The van der Waals surface area contributed by atoms with Gasteiger partial charge in [-0.1, -0.05) is 25.1 Å². The summed E-state index contributed by atoms with van der Waals surface area (Å²) in [5.74, 6) is 0.537.